The minimum absolute atomic E-state index is 0.0826. The van der Waals surface area contributed by atoms with Crippen LogP contribution < -0.4 is 10.6 Å². The molecule has 1 amide bonds. The molecule has 2 atom stereocenters. The first-order chi connectivity index (χ1) is 12.5. The molecule has 0 radical (unpaired) electrons. The molecule has 1 heterocycles. The molecule has 0 aliphatic carbocycles. The Labute approximate surface area is 156 Å². The zero-order chi connectivity index (χ0) is 18.7. The molecule has 2 aromatic carbocycles. The maximum atomic E-state index is 13.8. The van der Waals surface area contributed by atoms with Gasteiger partial charge in [-0.2, -0.15) is 0 Å². The monoisotopic (exact) mass is 376 g/mol. The van der Waals surface area contributed by atoms with Crippen LogP contribution in [-0.4, -0.2) is 25.3 Å². The Morgan fingerprint density at radius 3 is 2.50 bits per heavy atom. The van der Waals surface area contributed by atoms with Crippen molar-refractivity contribution in [1.82, 2.24) is 10.6 Å². The Morgan fingerprint density at radius 1 is 1.15 bits per heavy atom. The maximum absolute atomic E-state index is 13.8. The molecule has 1 aliphatic heterocycles. The summed E-state index contributed by atoms with van der Waals surface area (Å²) in [6.45, 7) is 3.56. The van der Waals surface area contributed by atoms with E-state index in [-0.39, 0.29) is 11.8 Å². The van der Waals surface area contributed by atoms with Gasteiger partial charge in [-0.25, -0.2) is 8.78 Å². The third-order valence-corrected chi connectivity index (χ3v) is 5.65. The number of rotatable bonds is 6. The van der Waals surface area contributed by atoms with Crippen LogP contribution in [0.4, 0.5) is 8.78 Å². The highest BCUT2D eigenvalue weighted by Crippen LogP contribution is 2.28. The molecule has 6 heteroatoms. The molecular weight excluding hydrogens is 354 g/mol. The lowest BCUT2D eigenvalue weighted by atomic mass is 9.87. The third kappa shape index (κ3) is 4.07. The lowest BCUT2D eigenvalue weighted by molar-refractivity contribution is -0.127. The molecule has 138 valence electrons. The number of amides is 1. The van der Waals surface area contributed by atoms with E-state index in [1.54, 1.807) is 11.8 Å². The van der Waals surface area contributed by atoms with Crippen molar-refractivity contribution in [2.75, 3.05) is 19.3 Å². The maximum Gasteiger partial charge on any atom is 0.223 e. The van der Waals surface area contributed by atoms with Crippen molar-refractivity contribution < 1.29 is 13.6 Å². The molecule has 2 unspecified atom stereocenters. The van der Waals surface area contributed by atoms with Gasteiger partial charge in [0.1, 0.15) is 0 Å². The van der Waals surface area contributed by atoms with E-state index in [0.29, 0.717) is 11.5 Å². The highest BCUT2D eigenvalue weighted by atomic mass is 32.2. The van der Waals surface area contributed by atoms with Gasteiger partial charge in [-0.1, -0.05) is 25.1 Å². The Bertz CT molecular complexity index is 795. The molecule has 3 rings (SSSR count). The van der Waals surface area contributed by atoms with Crippen LogP contribution in [0.2, 0.25) is 0 Å². The van der Waals surface area contributed by atoms with Crippen molar-refractivity contribution in [2.24, 2.45) is 11.8 Å². The number of carbonyl (C=O) groups is 1. The van der Waals surface area contributed by atoms with Gasteiger partial charge in [0.05, 0.1) is 6.04 Å². The van der Waals surface area contributed by atoms with Crippen molar-refractivity contribution in [1.29, 1.82) is 0 Å². The number of hydrogen-bond acceptors (Lipinski definition) is 3. The van der Waals surface area contributed by atoms with E-state index in [9.17, 15) is 13.6 Å². The smallest absolute Gasteiger partial charge is 0.223 e. The van der Waals surface area contributed by atoms with Gasteiger partial charge in [-0.3, -0.25) is 4.79 Å². The minimum atomic E-state index is -0.918. The standard InChI is InChI=1S/C20H22F2N2OS/c1-12(15-10-23-11-15)20(25)24-19(13-4-3-5-16(8-13)26-2)14-6-7-17(21)18(22)9-14/h3-9,12,15,19,23H,10-11H2,1-2H3,(H,24,25). The number of thioether (sulfide) groups is 1. The lowest BCUT2D eigenvalue weighted by Crippen LogP contribution is -2.50. The van der Waals surface area contributed by atoms with E-state index >= 15 is 0 Å². The molecule has 2 N–H and O–H groups in total. The van der Waals surface area contributed by atoms with Gasteiger partial charge in [-0.15, -0.1) is 11.8 Å². The summed E-state index contributed by atoms with van der Waals surface area (Å²) in [4.78, 5) is 13.8. The van der Waals surface area contributed by atoms with Crippen molar-refractivity contribution in [2.45, 2.75) is 17.9 Å². The van der Waals surface area contributed by atoms with Crippen LogP contribution >= 0.6 is 11.8 Å². The first-order valence-corrected chi connectivity index (χ1v) is 9.82. The lowest BCUT2D eigenvalue weighted by Gasteiger charge is -2.33. The summed E-state index contributed by atoms with van der Waals surface area (Å²) in [5.74, 6) is -1.74. The molecule has 3 nitrogen and oxygen atoms in total. The summed E-state index contributed by atoms with van der Waals surface area (Å²) in [6, 6.07) is 11.0. The number of nitrogens with one attached hydrogen (secondary N) is 2. The molecule has 0 aromatic heterocycles. The van der Waals surface area contributed by atoms with E-state index in [4.69, 9.17) is 0 Å². The molecular formula is C20H22F2N2OS. The quantitative estimate of drug-likeness (QED) is 0.755. The average molecular weight is 376 g/mol. The van der Waals surface area contributed by atoms with Gasteiger partial charge in [0.2, 0.25) is 5.91 Å². The average Bonchev–Trinajstić information content (AvgIpc) is 2.60. The van der Waals surface area contributed by atoms with Crippen LogP contribution in [0, 0.1) is 23.5 Å². The first-order valence-electron chi connectivity index (χ1n) is 8.59. The normalized spacial score (nSPS) is 16.6. The van der Waals surface area contributed by atoms with E-state index in [2.05, 4.69) is 10.6 Å². The van der Waals surface area contributed by atoms with Crippen molar-refractivity contribution >= 4 is 17.7 Å². The van der Waals surface area contributed by atoms with Crippen LogP contribution in [-0.2, 0) is 4.79 Å². The third-order valence-electron chi connectivity index (χ3n) is 4.92. The van der Waals surface area contributed by atoms with Crippen molar-refractivity contribution in [3.05, 3.63) is 65.2 Å². The second-order valence-corrected chi connectivity index (χ2v) is 7.48. The van der Waals surface area contributed by atoms with E-state index in [1.165, 1.54) is 6.07 Å². The Balaban J connectivity index is 1.92. The fraction of sp³-hybridized carbons (Fsp3) is 0.350. The van der Waals surface area contributed by atoms with E-state index in [0.717, 1.165) is 35.7 Å². The van der Waals surface area contributed by atoms with Crippen LogP contribution in [0.3, 0.4) is 0 Å². The summed E-state index contributed by atoms with van der Waals surface area (Å²) in [5, 5.41) is 6.20. The Kier molecular flexibility index (Phi) is 5.94. The summed E-state index contributed by atoms with van der Waals surface area (Å²) in [7, 11) is 0. The zero-order valence-corrected chi connectivity index (χ0v) is 15.6. The van der Waals surface area contributed by atoms with Gasteiger partial charge in [0.15, 0.2) is 11.6 Å². The number of benzene rings is 2. The highest BCUT2D eigenvalue weighted by Gasteiger charge is 2.30. The Hall–Kier alpha value is -1.92. The molecule has 0 bridgehead atoms. The molecule has 0 saturated carbocycles. The molecule has 1 fully saturated rings. The van der Waals surface area contributed by atoms with Crippen LogP contribution in [0.5, 0.6) is 0 Å². The second-order valence-electron chi connectivity index (χ2n) is 6.60. The molecule has 1 saturated heterocycles. The van der Waals surface area contributed by atoms with Gasteiger partial charge >= 0.3 is 0 Å². The predicted molar refractivity (Wildman–Crippen MR) is 100 cm³/mol. The Morgan fingerprint density at radius 2 is 1.88 bits per heavy atom. The van der Waals surface area contributed by atoms with Gasteiger partial charge in [-0.05, 0) is 60.7 Å². The summed E-state index contributed by atoms with van der Waals surface area (Å²) < 4.78 is 27.1. The minimum Gasteiger partial charge on any atom is -0.345 e. The van der Waals surface area contributed by atoms with E-state index < -0.39 is 17.7 Å². The second kappa shape index (κ2) is 8.18. The molecule has 2 aromatic rings. The summed E-state index contributed by atoms with van der Waals surface area (Å²) in [6.07, 6.45) is 1.97. The van der Waals surface area contributed by atoms with Crippen LogP contribution in [0.15, 0.2) is 47.4 Å². The highest BCUT2D eigenvalue weighted by molar-refractivity contribution is 7.98. The fourth-order valence-corrected chi connectivity index (χ4v) is 3.49. The zero-order valence-electron chi connectivity index (χ0n) is 14.8. The van der Waals surface area contributed by atoms with Crippen LogP contribution in [0.1, 0.15) is 24.1 Å². The van der Waals surface area contributed by atoms with Gasteiger partial charge in [0, 0.05) is 10.8 Å². The summed E-state index contributed by atoms with van der Waals surface area (Å²) >= 11 is 1.59. The van der Waals surface area contributed by atoms with Crippen LogP contribution in [0.25, 0.3) is 0 Å². The van der Waals surface area contributed by atoms with Gasteiger partial charge < -0.3 is 10.6 Å². The molecule has 0 spiro atoms. The summed E-state index contributed by atoms with van der Waals surface area (Å²) in [5.41, 5.74) is 1.37. The van der Waals surface area contributed by atoms with Crippen molar-refractivity contribution in [3.8, 4) is 0 Å². The molecule has 26 heavy (non-hydrogen) atoms. The number of carbonyl (C=O) groups excluding carboxylic acids is 1. The van der Waals surface area contributed by atoms with Gasteiger partial charge in [0.25, 0.3) is 0 Å². The SMILES string of the molecule is CSc1cccc(C(NC(=O)C(C)C2CNC2)c2ccc(F)c(F)c2)c1. The number of hydrogen-bond donors (Lipinski definition) is 2. The largest absolute Gasteiger partial charge is 0.345 e. The van der Waals surface area contributed by atoms with E-state index in [1.807, 2.05) is 37.4 Å². The topological polar surface area (TPSA) is 41.1 Å². The first kappa shape index (κ1) is 18.9. The predicted octanol–water partition coefficient (Wildman–Crippen LogP) is 3.75. The number of halogens is 2. The molecule has 1 aliphatic rings. The fourth-order valence-electron chi connectivity index (χ4n) is 3.02. The van der Waals surface area contributed by atoms with Crippen molar-refractivity contribution in [3.63, 3.8) is 0 Å².